The molecule has 0 radical (unpaired) electrons. The Morgan fingerprint density at radius 3 is 2.28 bits per heavy atom. The molecular weight excluding hydrogens is 421 g/mol. The summed E-state index contributed by atoms with van der Waals surface area (Å²) in [6, 6.07) is 18.2. The Balaban J connectivity index is 1.89. The van der Waals surface area contributed by atoms with Crippen molar-refractivity contribution in [2.45, 2.75) is 6.18 Å². The molecule has 0 fully saturated rings. The number of hydrogen-bond acceptors (Lipinski definition) is 4. The third-order valence-corrected chi connectivity index (χ3v) is 4.92. The Morgan fingerprint density at radius 2 is 1.66 bits per heavy atom. The predicted molar refractivity (Wildman–Crippen MR) is 114 cm³/mol. The van der Waals surface area contributed by atoms with E-state index in [0.29, 0.717) is 33.3 Å². The molecule has 4 aromatic rings. The van der Waals surface area contributed by atoms with Crippen molar-refractivity contribution in [3.05, 3.63) is 95.1 Å². The summed E-state index contributed by atoms with van der Waals surface area (Å²) < 4.78 is 43.5. The molecule has 1 aromatic heterocycles. The van der Waals surface area contributed by atoms with Crippen molar-refractivity contribution < 1.29 is 27.8 Å². The molecule has 0 spiro atoms. The SMILES string of the molecule is COC(=O)c1ccc2c(C(=Nc3ccc(C(F)(F)F)cc3)c3ccccc3)c(O)[nH]c2c1. The number of fused-ring (bicyclic) bond motifs is 1. The smallest absolute Gasteiger partial charge is 0.416 e. The van der Waals surface area contributed by atoms with Gasteiger partial charge in [0.15, 0.2) is 5.88 Å². The van der Waals surface area contributed by atoms with Gasteiger partial charge in [-0.2, -0.15) is 13.2 Å². The largest absolute Gasteiger partial charge is 0.494 e. The molecule has 4 rings (SSSR count). The Labute approximate surface area is 180 Å². The van der Waals surface area contributed by atoms with Crippen LogP contribution < -0.4 is 0 Å². The van der Waals surface area contributed by atoms with Crippen LogP contribution in [0.2, 0.25) is 0 Å². The van der Waals surface area contributed by atoms with Gasteiger partial charge in [-0.3, -0.25) is 0 Å². The fraction of sp³-hybridized carbons (Fsp3) is 0.0833. The number of H-pyrrole nitrogens is 1. The summed E-state index contributed by atoms with van der Waals surface area (Å²) in [5.41, 5.74) is 1.67. The Bertz CT molecular complexity index is 1310. The minimum atomic E-state index is -4.45. The number of alkyl halides is 3. The molecule has 0 unspecified atom stereocenters. The van der Waals surface area contributed by atoms with Crippen molar-refractivity contribution in [3.8, 4) is 5.88 Å². The average Bonchev–Trinajstić information content (AvgIpc) is 3.12. The summed E-state index contributed by atoms with van der Waals surface area (Å²) in [5.74, 6) is -0.708. The van der Waals surface area contributed by atoms with Crippen molar-refractivity contribution in [2.24, 2.45) is 4.99 Å². The van der Waals surface area contributed by atoms with E-state index in [-0.39, 0.29) is 11.6 Å². The van der Waals surface area contributed by atoms with E-state index in [4.69, 9.17) is 4.74 Å². The number of nitrogens with one attached hydrogen (secondary N) is 1. The zero-order valence-electron chi connectivity index (χ0n) is 16.8. The number of carbonyl (C=O) groups excluding carboxylic acids is 1. The number of benzene rings is 3. The number of aliphatic imine (C=N–C) groups is 1. The maximum atomic E-state index is 12.9. The second kappa shape index (κ2) is 8.22. The number of aromatic hydroxyl groups is 1. The van der Waals surface area contributed by atoms with E-state index in [9.17, 15) is 23.1 Å². The highest BCUT2D eigenvalue weighted by Crippen LogP contribution is 2.34. The number of carbonyl (C=O) groups is 1. The molecular formula is C24H17F3N2O3. The standard InChI is InChI=1S/C24H17F3N2O3/c1-32-23(31)15-7-12-18-19(13-15)29-22(30)20(18)21(14-5-3-2-4-6-14)28-17-10-8-16(9-11-17)24(25,26)27/h2-13,29-30H,1H3. The van der Waals surface area contributed by atoms with E-state index in [1.807, 2.05) is 6.07 Å². The zero-order chi connectivity index (χ0) is 22.9. The molecule has 32 heavy (non-hydrogen) atoms. The molecule has 0 saturated heterocycles. The topological polar surface area (TPSA) is 74.7 Å². The van der Waals surface area contributed by atoms with Crippen molar-refractivity contribution in [2.75, 3.05) is 7.11 Å². The lowest BCUT2D eigenvalue weighted by atomic mass is 10.00. The minimum absolute atomic E-state index is 0.184. The van der Waals surface area contributed by atoms with E-state index < -0.39 is 17.7 Å². The molecule has 2 N–H and O–H groups in total. The van der Waals surface area contributed by atoms with Crippen molar-refractivity contribution in [3.63, 3.8) is 0 Å². The average molecular weight is 438 g/mol. The predicted octanol–water partition coefficient (Wildman–Crippen LogP) is 5.85. The molecule has 0 aliphatic carbocycles. The lowest BCUT2D eigenvalue weighted by molar-refractivity contribution is -0.137. The number of halogens is 3. The Kier molecular flexibility index (Phi) is 5.44. The highest BCUT2D eigenvalue weighted by Gasteiger charge is 2.30. The summed E-state index contributed by atoms with van der Waals surface area (Å²) in [7, 11) is 1.27. The number of aromatic nitrogens is 1. The first-order valence-corrected chi connectivity index (χ1v) is 9.52. The van der Waals surface area contributed by atoms with Gasteiger partial charge in [0, 0.05) is 16.5 Å². The van der Waals surface area contributed by atoms with Crippen molar-refractivity contribution >= 4 is 28.3 Å². The lowest BCUT2D eigenvalue weighted by Gasteiger charge is -2.09. The monoisotopic (exact) mass is 438 g/mol. The van der Waals surface area contributed by atoms with Crippen molar-refractivity contribution in [1.29, 1.82) is 0 Å². The van der Waals surface area contributed by atoms with Crippen LogP contribution in [0.15, 0.2) is 77.8 Å². The van der Waals surface area contributed by atoms with Gasteiger partial charge < -0.3 is 14.8 Å². The first kappa shape index (κ1) is 21.2. The number of methoxy groups -OCH3 is 1. The Morgan fingerprint density at radius 1 is 0.969 bits per heavy atom. The molecule has 0 saturated carbocycles. The molecule has 5 nitrogen and oxygen atoms in total. The number of aromatic amines is 1. The number of hydrogen-bond donors (Lipinski definition) is 2. The van der Waals surface area contributed by atoms with Crippen LogP contribution in [0.3, 0.4) is 0 Å². The van der Waals surface area contributed by atoms with Gasteiger partial charge in [0.2, 0.25) is 0 Å². The highest BCUT2D eigenvalue weighted by molar-refractivity contribution is 6.22. The summed E-state index contributed by atoms with van der Waals surface area (Å²) in [4.78, 5) is 19.2. The van der Waals surface area contributed by atoms with Gasteiger partial charge in [-0.15, -0.1) is 0 Å². The second-order valence-electron chi connectivity index (χ2n) is 6.97. The fourth-order valence-electron chi connectivity index (χ4n) is 3.38. The molecule has 0 amide bonds. The summed E-state index contributed by atoms with van der Waals surface area (Å²) >= 11 is 0. The Hall–Kier alpha value is -4.07. The van der Waals surface area contributed by atoms with Gasteiger partial charge in [-0.05, 0) is 36.4 Å². The molecule has 162 valence electrons. The van der Waals surface area contributed by atoms with Crippen LogP contribution in [-0.4, -0.2) is 28.9 Å². The number of esters is 1. The van der Waals surface area contributed by atoms with E-state index in [1.54, 1.807) is 42.5 Å². The van der Waals surface area contributed by atoms with Crippen LogP contribution >= 0.6 is 0 Å². The molecule has 0 aliphatic rings. The van der Waals surface area contributed by atoms with Gasteiger partial charge in [-0.25, -0.2) is 9.79 Å². The van der Waals surface area contributed by atoms with E-state index in [1.165, 1.54) is 19.2 Å². The molecule has 0 bridgehead atoms. The molecule has 3 aromatic carbocycles. The first-order valence-electron chi connectivity index (χ1n) is 9.52. The van der Waals surface area contributed by atoms with E-state index in [0.717, 1.165) is 12.1 Å². The minimum Gasteiger partial charge on any atom is -0.494 e. The van der Waals surface area contributed by atoms with Crippen LogP contribution in [0.1, 0.15) is 27.0 Å². The first-order chi connectivity index (χ1) is 15.3. The van der Waals surface area contributed by atoms with Crippen LogP contribution in [0.5, 0.6) is 5.88 Å². The normalized spacial score (nSPS) is 12.2. The van der Waals surface area contributed by atoms with Gasteiger partial charge in [-0.1, -0.05) is 36.4 Å². The van der Waals surface area contributed by atoms with Crippen LogP contribution in [0.25, 0.3) is 10.9 Å². The van der Waals surface area contributed by atoms with Crippen LogP contribution in [0, 0.1) is 0 Å². The number of nitrogens with zero attached hydrogens (tertiary/aromatic N) is 1. The summed E-state index contributed by atoms with van der Waals surface area (Å²) in [5, 5.41) is 11.3. The van der Waals surface area contributed by atoms with Crippen molar-refractivity contribution in [1.82, 2.24) is 4.98 Å². The highest BCUT2D eigenvalue weighted by atomic mass is 19.4. The maximum Gasteiger partial charge on any atom is 0.416 e. The van der Waals surface area contributed by atoms with Gasteiger partial charge in [0.05, 0.1) is 35.2 Å². The molecule has 0 atom stereocenters. The summed E-state index contributed by atoms with van der Waals surface area (Å²) in [6.45, 7) is 0. The third kappa shape index (κ3) is 4.07. The quantitative estimate of drug-likeness (QED) is 0.310. The number of ether oxygens (including phenoxy) is 1. The van der Waals surface area contributed by atoms with Gasteiger partial charge in [0.25, 0.3) is 0 Å². The van der Waals surface area contributed by atoms with E-state index in [2.05, 4.69) is 9.98 Å². The third-order valence-electron chi connectivity index (χ3n) is 4.92. The van der Waals surface area contributed by atoms with Crippen LogP contribution in [-0.2, 0) is 10.9 Å². The summed E-state index contributed by atoms with van der Waals surface area (Å²) in [6.07, 6.45) is -4.45. The number of rotatable bonds is 4. The lowest BCUT2D eigenvalue weighted by Crippen LogP contribution is -2.05. The molecule has 1 heterocycles. The zero-order valence-corrected chi connectivity index (χ0v) is 16.8. The maximum absolute atomic E-state index is 12.9. The van der Waals surface area contributed by atoms with E-state index >= 15 is 0 Å². The molecule has 8 heteroatoms. The van der Waals surface area contributed by atoms with Gasteiger partial charge >= 0.3 is 12.1 Å². The van der Waals surface area contributed by atoms with Crippen LogP contribution in [0.4, 0.5) is 18.9 Å². The second-order valence-corrected chi connectivity index (χ2v) is 6.97. The fourth-order valence-corrected chi connectivity index (χ4v) is 3.38. The van der Waals surface area contributed by atoms with Gasteiger partial charge in [0.1, 0.15) is 0 Å². The molecule has 0 aliphatic heterocycles.